The van der Waals surface area contributed by atoms with Gasteiger partial charge in [0.1, 0.15) is 0 Å². The monoisotopic (exact) mass is 247 g/mol. The van der Waals surface area contributed by atoms with E-state index in [1.54, 1.807) is 0 Å². The van der Waals surface area contributed by atoms with Crippen LogP contribution in [-0.2, 0) is 0 Å². The molecule has 1 heteroatoms. The van der Waals surface area contributed by atoms with E-state index in [1.807, 2.05) is 0 Å². The van der Waals surface area contributed by atoms with Gasteiger partial charge in [-0.1, -0.05) is 52.8 Å². The first-order chi connectivity index (χ1) is 8.29. The maximum absolute atomic E-state index is 2.55. The van der Waals surface area contributed by atoms with Crippen molar-refractivity contribution < 1.29 is 0 Å². The molecule has 0 aliphatic heterocycles. The summed E-state index contributed by atoms with van der Waals surface area (Å²) in [4.78, 5) is 2.55. The van der Waals surface area contributed by atoms with Gasteiger partial charge in [-0.05, 0) is 36.8 Å². The van der Waals surface area contributed by atoms with Crippen molar-refractivity contribution in [1.82, 2.24) is 0 Å². The predicted molar refractivity (Wildman–Crippen MR) is 82.2 cm³/mol. The molecule has 0 N–H and O–H groups in total. The van der Waals surface area contributed by atoms with Gasteiger partial charge in [-0.3, -0.25) is 0 Å². The van der Waals surface area contributed by atoms with Crippen LogP contribution in [0.2, 0.25) is 0 Å². The predicted octanol–water partition coefficient (Wildman–Crippen LogP) is 4.97. The van der Waals surface area contributed by atoms with Gasteiger partial charge in [0.25, 0.3) is 0 Å². The Balaban J connectivity index is 2.85. The van der Waals surface area contributed by atoms with E-state index in [0.29, 0.717) is 17.4 Å². The molecule has 0 aromatic heterocycles. The molecule has 0 saturated heterocycles. The smallest absolute Gasteiger partial charge is 0.0368 e. The zero-order chi connectivity index (χ0) is 13.8. The molecule has 1 unspecified atom stereocenters. The molecule has 0 saturated carbocycles. The van der Waals surface area contributed by atoms with Crippen molar-refractivity contribution in [2.45, 2.75) is 54.0 Å². The molecule has 1 nitrogen and oxygen atoms in total. The van der Waals surface area contributed by atoms with Crippen molar-refractivity contribution in [3.05, 3.63) is 30.3 Å². The van der Waals surface area contributed by atoms with Crippen LogP contribution in [0.5, 0.6) is 0 Å². The summed E-state index contributed by atoms with van der Waals surface area (Å²) >= 11 is 0. The fourth-order valence-electron chi connectivity index (χ4n) is 2.55. The van der Waals surface area contributed by atoms with Crippen LogP contribution in [0.3, 0.4) is 0 Å². The van der Waals surface area contributed by atoms with Gasteiger partial charge in [-0.15, -0.1) is 0 Å². The van der Waals surface area contributed by atoms with E-state index in [0.717, 1.165) is 6.54 Å². The first kappa shape index (κ1) is 15.1. The standard InChI is InChI=1S/C17H29N/c1-14(2)13-18(15(3)12-17(4,5)6)16-10-8-7-9-11-16/h7-11,14-15H,12-13H2,1-6H3. The molecular weight excluding hydrogens is 218 g/mol. The third-order valence-electron chi connectivity index (χ3n) is 3.09. The van der Waals surface area contributed by atoms with Gasteiger partial charge in [0, 0.05) is 18.3 Å². The van der Waals surface area contributed by atoms with Crippen molar-refractivity contribution in [3.63, 3.8) is 0 Å². The van der Waals surface area contributed by atoms with Crippen molar-refractivity contribution in [2.75, 3.05) is 11.4 Å². The van der Waals surface area contributed by atoms with Crippen LogP contribution in [0.4, 0.5) is 5.69 Å². The molecular formula is C17H29N. The van der Waals surface area contributed by atoms with Gasteiger partial charge in [-0.2, -0.15) is 0 Å². The van der Waals surface area contributed by atoms with E-state index in [2.05, 4.69) is 76.8 Å². The third kappa shape index (κ3) is 5.12. The summed E-state index contributed by atoms with van der Waals surface area (Å²) in [5.41, 5.74) is 1.73. The SMILES string of the molecule is CC(C)CN(c1ccccc1)C(C)CC(C)(C)C. The van der Waals surface area contributed by atoms with Gasteiger partial charge in [-0.25, -0.2) is 0 Å². The second-order valence-electron chi connectivity index (χ2n) is 7.00. The van der Waals surface area contributed by atoms with E-state index in [9.17, 15) is 0 Å². The van der Waals surface area contributed by atoms with Gasteiger partial charge < -0.3 is 4.90 Å². The van der Waals surface area contributed by atoms with Gasteiger partial charge in [0.05, 0.1) is 0 Å². The summed E-state index contributed by atoms with van der Waals surface area (Å²) < 4.78 is 0. The second-order valence-corrected chi connectivity index (χ2v) is 7.00. The molecule has 0 aliphatic rings. The summed E-state index contributed by atoms with van der Waals surface area (Å²) in [7, 11) is 0. The summed E-state index contributed by atoms with van der Waals surface area (Å²) in [6, 6.07) is 11.4. The average Bonchev–Trinajstić information content (AvgIpc) is 2.24. The molecule has 1 atom stereocenters. The lowest BCUT2D eigenvalue weighted by Crippen LogP contribution is -2.38. The van der Waals surface area contributed by atoms with Crippen molar-refractivity contribution in [1.29, 1.82) is 0 Å². The van der Waals surface area contributed by atoms with Crippen LogP contribution in [0.15, 0.2) is 30.3 Å². The minimum absolute atomic E-state index is 0.378. The molecule has 0 aliphatic carbocycles. The molecule has 0 amide bonds. The fraction of sp³-hybridized carbons (Fsp3) is 0.647. The molecule has 0 bridgehead atoms. The molecule has 102 valence electrons. The Hall–Kier alpha value is -0.980. The average molecular weight is 247 g/mol. The highest BCUT2D eigenvalue weighted by Gasteiger charge is 2.21. The Morgan fingerprint density at radius 3 is 2.00 bits per heavy atom. The summed E-state index contributed by atoms with van der Waals surface area (Å²) in [5, 5.41) is 0. The van der Waals surface area contributed by atoms with E-state index < -0.39 is 0 Å². The highest BCUT2D eigenvalue weighted by atomic mass is 15.2. The van der Waals surface area contributed by atoms with Crippen molar-refractivity contribution >= 4 is 5.69 Å². The summed E-state index contributed by atoms with van der Waals surface area (Å²) in [5.74, 6) is 0.688. The lowest BCUT2D eigenvalue weighted by Gasteiger charge is -2.36. The Morgan fingerprint density at radius 2 is 1.56 bits per heavy atom. The molecule has 0 heterocycles. The van der Waals surface area contributed by atoms with Crippen molar-refractivity contribution in [3.8, 4) is 0 Å². The number of hydrogen-bond acceptors (Lipinski definition) is 1. The van der Waals surface area contributed by atoms with E-state index >= 15 is 0 Å². The van der Waals surface area contributed by atoms with Crippen LogP contribution >= 0.6 is 0 Å². The highest BCUT2D eigenvalue weighted by Crippen LogP contribution is 2.27. The number of rotatable bonds is 5. The molecule has 18 heavy (non-hydrogen) atoms. The topological polar surface area (TPSA) is 3.24 Å². The van der Waals surface area contributed by atoms with E-state index in [4.69, 9.17) is 0 Å². The van der Waals surface area contributed by atoms with Crippen LogP contribution in [-0.4, -0.2) is 12.6 Å². The zero-order valence-electron chi connectivity index (χ0n) is 12.9. The Kier molecular flexibility index (Phi) is 5.25. The van der Waals surface area contributed by atoms with Crippen LogP contribution in [0.1, 0.15) is 48.0 Å². The largest absolute Gasteiger partial charge is 0.369 e. The second kappa shape index (κ2) is 6.26. The molecule has 1 aromatic rings. The number of nitrogens with zero attached hydrogens (tertiary/aromatic N) is 1. The molecule has 0 radical (unpaired) electrons. The maximum atomic E-state index is 2.55. The van der Waals surface area contributed by atoms with Gasteiger partial charge >= 0.3 is 0 Å². The quantitative estimate of drug-likeness (QED) is 0.709. The molecule has 0 spiro atoms. The van der Waals surface area contributed by atoms with Gasteiger partial charge in [0.2, 0.25) is 0 Å². The minimum atomic E-state index is 0.378. The highest BCUT2D eigenvalue weighted by molar-refractivity contribution is 5.47. The minimum Gasteiger partial charge on any atom is -0.369 e. The summed E-state index contributed by atoms with van der Waals surface area (Å²) in [6.45, 7) is 15.0. The first-order valence-corrected chi connectivity index (χ1v) is 7.11. The lowest BCUT2D eigenvalue weighted by atomic mass is 9.87. The van der Waals surface area contributed by atoms with Gasteiger partial charge in [0.15, 0.2) is 0 Å². The Labute approximate surface area is 113 Å². The summed E-state index contributed by atoms with van der Waals surface area (Å²) in [6.07, 6.45) is 1.22. The lowest BCUT2D eigenvalue weighted by molar-refractivity contribution is 0.335. The molecule has 1 rings (SSSR count). The van der Waals surface area contributed by atoms with Crippen molar-refractivity contribution in [2.24, 2.45) is 11.3 Å². The Bertz CT molecular complexity index is 334. The number of hydrogen-bond donors (Lipinski definition) is 0. The zero-order valence-corrected chi connectivity index (χ0v) is 12.9. The first-order valence-electron chi connectivity index (χ1n) is 7.11. The van der Waals surface area contributed by atoms with Crippen LogP contribution in [0, 0.1) is 11.3 Å². The van der Waals surface area contributed by atoms with E-state index in [-0.39, 0.29) is 0 Å². The number of benzene rings is 1. The number of para-hydroxylation sites is 1. The number of anilines is 1. The van der Waals surface area contributed by atoms with Crippen LogP contribution < -0.4 is 4.90 Å². The normalized spacial score (nSPS) is 13.7. The fourth-order valence-corrected chi connectivity index (χ4v) is 2.55. The van der Waals surface area contributed by atoms with Crippen LogP contribution in [0.25, 0.3) is 0 Å². The third-order valence-corrected chi connectivity index (χ3v) is 3.09. The van der Waals surface area contributed by atoms with E-state index in [1.165, 1.54) is 12.1 Å². The molecule has 1 aromatic carbocycles. The Morgan fingerprint density at radius 1 is 1.00 bits per heavy atom. The molecule has 0 fully saturated rings. The maximum Gasteiger partial charge on any atom is 0.0368 e.